The van der Waals surface area contributed by atoms with E-state index in [0.29, 0.717) is 5.31 Å². The number of hydrogen-bond acceptors (Lipinski definition) is 0. The Balaban J connectivity index is 1.99. The molecule has 0 heterocycles. The van der Waals surface area contributed by atoms with Crippen LogP contribution >= 0.6 is 0 Å². The molecular formula is C17H26B. The van der Waals surface area contributed by atoms with E-state index in [0.717, 1.165) is 5.82 Å². The fourth-order valence-corrected chi connectivity index (χ4v) is 3.17. The summed E-state index contributed by atoms with van der Waals surface area (Å²) in [5.41, 5.74) is 3.18. The lowest BCUT2D eigenvalue weighted by Crippen LogP contribution is -2.15. The first-order valence-corrected chi connectivity index (χ1v) is 7.47. The minimum atomic E-state index is 0.367. The first-order valence-electron chi connectivity index (χ1n) is 7.47. The van der Waals surface area contributed by atoms with Crippen molar-refractivity contribution in [1.29, 1.82) is 0 Å². The van der Waals surface area contributed by atoms with E-state index in [9.17, 15) is 0 Å². The monoisotopic (exact) mass is 241 g/mol. The van der Waals surface area contributed by atoms with Gasteiger partial charge in [-0.05, 0) is 36.8 Å². The molecule has 0 amide bonds. The summed E-state index contributed by atoms with van der Waals surface area (Å²) >= 11 is 0. The van der Waals surface area contributed by atoms with Gasteiger partial charge in [0, 0.05) is 0 Å². The lowest BCUT2D eigenvalue weighted by molar-refractivity contribution is 0.601. The summed E-state index contributed by atoms with van der Waals surface area (Å²) in [7, 11) is 2.59. The molecule has 0 unspecified atom stereocenters. The SMILES string of the molecule is CC(C)(C)[B]C1CCCc2ccccc2CCC1. The smallest absolute Gasteiger partial charge is 0.0682 e. The van der Waals surface area contributed by atoms with Crippen LogP contribution in [0.2, 0.25) is 11.1 Å². The lowest BCUT2D eigenvalue weighted by atomic mass is 9.46. The van der Waals surface area contributed by atoms with Gasteiger partial charge in [0.25, 0.3) is 0 Å². The van der Waals surface area contributed by atoms with Crippen LogP contribution in [-0.4, -0.2) is 7.28 Å². The van der Waals surface area contributed by atoms with Gasteiger partial charge in [-0.3, -0.25) is 0 Å². The topological polar surface area (TPSA) is 0 Å². The van der Waals surface area contributed by atoms with Gasteiger partial charge in [0.1, 0.15) is 7.28 Å². The second-order valence-electron chi connectivity index (χ2n) is 6.85. The largest absolute Gasteiger partial charge is 0.120 e. The molecule has 0 aromatic heterocycles. The fourth-order valence-electron chi connectivity index (χ4n) is 3.17. The molecule has 0 nitrogen and oxygen atoms in total. The Morgan fingerprint density at radius 3 is 1.89 bits per heavy atom. The molecule has 0 aliphatic heterocycles. The van der Waals surface area contributed by atoms with Gasteiger partial charge >= 0.3 is 0 Å². The van der Waals surface area contributed by atoms with Crippen LogP contribution in [0.4, 0.5) is 0 Å². The first kappa shape index (κ1) is 13.7. The molecule has 1 aromatic rings. The van der Waals surface area contributed by atoms with Gasteiger partial charge in [0.2, 0.25) is 0 Å². The number of rotatable bonds is 1. The summed E-state index contributed by atoms with van der Waals surface area (Å²) in [4.78, 5) is 0. The van der Waals surface area contributed by atoms with Crippen LogP contribution in [0.3, 0.4) is 0 Å². The summed E-state index contributed by atoms with van der Waals surface area (Å²) in [5.74, 6) is 0.819. The highest BCUT2D eigenvalue weighted by Crippen LogP contribution is 2.33. The molecule has 0 N–H and O–H groups in total. The standard InChI is InChI=1S/C17H26B/c1-17(2,3)18-16-12-6-10-14-8-4-5-9-15(14)11-7-13-16/h4-5,8-9,16H,6-7,10-13H2,1-3H3. The first-order chi connectivity index (χ1) is 8.54. The van der Waals surface area contributed by atoms with Crippen LogP contribution in [0.1, 0.15) is 57.6 Å². The third kappa shape index (κ3) is 4.19. The third-order valence-electron chi connectivity index (χ3n) is 3.90. The van der Waals surface area contributed by atoms with Crippen LogP contribution in [0.25, 0.3) is 0 Å². The molecule has 1 heteroatoms. The maximum Gasteiger partial charge on any atom is 0.120 e. The molecule has 1 radical (unpaired) electrons. The van der Waals surface area contributed by atoms with Crippen molar-refractivity contribution in [2.45, 2.75) is 70.4 Å². The molecule has 0 bridgehead atoms. The van der Waals surface area contributed by atoms with E-state index < -0.39 is 0 Å². The van der Waals surface area contributed by atoms with Crippen molar-refractivity contribution in [2.24, 2.45) is 0 Å². The molecule has 0 saturated carbocycles. The molecule has 0 saturated heterocycles. The highest BCUT2D eigenvalue weighted by Gasteiger charge is 2.21. The summed E-state index contributed by atoms with van der Waals surface area (Å²) in [6.45, 7) is 6.98. The van der Waals surface area contributed by atoms with Gasteiger partial charge in [-0.2, -0.15) is 0 Å². The normalized spacial score (nSPS) is 18.4. The summed E-state index contributed by atoms with van der Waals surface area (Å²) in [6.07, 6.45) is 7.95. The second-order valence-corrected chi connectivity index (χ2v) is 6.85. The van der Waals surface area contributed by atoms with Crippen molar-refractivity contribution in [3.05, 3.63) is 35.4 Å². The minimum absolute atomic E-state index is 0.367. The van der Waals surface area contributed by atoms with Crippen molar-refractivity contribution in [2.75, 3.05) is 0 Å². The van der Waals surface area contributed by atoms with Gasteiger partial charge in [0.15, 0.2) is 0 Å². The average molecular weight is 241 g/mol. The second kappa shape index (κ2) is 5.95. The van der Waals surface area contributed by atoms with Gasteiger partial charge in [-0.25, -0.2) is 0 Å². The van der Waals surface area contributed by atoms with Crippen molar-refractivity contribution < 1.29 is 0 Å². The maximum absolute atomic E-state index is 2.59. The zero-order valence-electron chi connectivity index (χ0n) is 12.2. The molecule has 2 rings (SSSR count). The Morgan fingerprint density at radius 1 is 0.944 bits per heavy atom. The van der Waals surface area contributed by atoms with Crippen molar-refractivity contribution in [3.8, 4) is 0 Å². The molecule has 1 aliphatic rings. The molecule has 0 fully saturated rings. The van der Waals surface area contributed by atoms with Crippen molar-refractivity contribution >= 4 is 7.28 Å². The van der Waals surface area contributed by atoms with Gasteiger partial charge in [-0.1, -0.05) is 69.0 Å². The van der Waals surface area contributed by atoms with E-state index in [1.165, 1.54) is 38.5 Å². The Bertz CT molecular complexity index is 346. The predicted molar refractivity (Wildman–Crippen MR) is 81.5 cm³/mol. The van der Waals surface area contributed by atoms with E-state index in [-0.39, 0.29) is 0 Å². The molecular weight excluding hydrogens is 215 g/mol. The van der Waals surface area contributed by atoms with E-state index in [4.69, 9.17) is 0 Å². The number of benzene rings is 1. The van der Waals surface area contributed by atoms with Crippen molar-refractivity contribution in [1.82, 2.24) is 0 Å². The highest BCUT2D eigenvalue weighted by molar-refractivity contribution is 6.41. The zero-order valence-corrected chi connectivity index (χ0v) is 12.2. The van der Waals surface area contributed by atoms with E-state index in [2.05, 4.69) is 52.3 Å². The molecule has 0 atom stereocenters. The molecule has 1 aliphatic carbocycles. The van der Waals surface area contributed by atoms with Crippen LogP contribution in [0.5, 0.6) is 0 Å². The summed E-state index contributed by atoms with van der Waals surface area (Å²) < 4.78 is 0. The fraction of sp³-hybridized carbons (Fsp3) is 0.647. The summed E-state index contributed by atoms with van der Waals surface area (Å²) in [5, 5.41) is 0.367. The Morgan fingerprint density at radius 2 is 1.44 bits per heavy atom. The van der Waals surface area contributed by atoms with Crippen LogP contribution in [-0.2, 0) is 12.8 Å². The molecule has 1 aromatic carbocycles. The molecule has 18 heavy (non-hydrogen) atoms. The summed E-state index contributed by atoms with van der Waals surface area (Å²) in [6, 6.07) is 9.03. The van der Waals surface area contributed by atoms with E-state index in [1.807, 2.05) is 0 Å². The predicted octanol–water partition coefficient (Wildman–Crippen LogP) is 5.06. The minimum Gasteiger partial charge on any atom is -0.0682 e. The number of aryl methyl sites for hydroxylation is 2. The average Bonchev–Trinajstić information content (AvgIpc) is 2.37. The Hall–Kier alpha value is -0.715. The van der Waals surface area contributed by atoms with Gasteiger partial charge in [-0.15, -0.1) is 0 Å². The zero-order chi connectivity index (χ0) is 13.0. The van der Waals surface area contributed by atoms with Crippen LogP contribution in [0, 0.1) is 0 Å². The number of fused-ring (bicyclic) bond motifs is 1. The van der Waals surface area contributed by atoms with Crippen molar-refractivity contribution in [3.63, 3.8) is 0 Å². The molecule has 97 valence electrons. The van der Waals surface area contributed by atoms with Gasteiger partial charge in [0.05, 0.1) is 0 Å². The third-order valence-corrected chi connectivity index (χ3v) is 3.90. The lowest BCUT2D eigenvalue weighted by Gasteiger charge is -2.24. The Kier molecular flexibility index (Phi) is 4.53. The van der Waals surface area contributed by atoms with E-state index >= 15 is 0 Å². The quantitative estimate of drug-likeness (QED) is 0.603. The van der Waals surface area contributed by atoms with E-state index in [1.54, 1.807) is 11.1 Å². The van der Waals surface area contributed by atoms with Gasteiger partial charge < -0.3 is 0 Å². The molecule has 0 spiro atoms. The highest BCUT2D eigenvalue weighted by atomic mass is 14.1. The van der Waals surface area contributed by atoms with Crippen LogP contribution in [0.15, 0.2) is 24.3 Å². The van der Waals surface area contributed by atoms with Crippen LogP contribution < -0.4 is 0 Å². The Labute approximate surface area is 113 Å². The maximum atomic E-state index is 2.59. The number of hydrogen-bond donors (Lipinski definition) is 0.